The molecule has 0 aliphatic carbocycles. The number of carbonyl (C=O) groups is 1. The van der Waals surface area contributed by atoms with E-state index in [0.29, 0.717) is 22.9 Å². The first-order chi connectivity index (χ1) is 15.3. The summed E-state index contributed by atoms with van der Waals surface area (Å²) in [5.74, 6) is -0.0614. The van der Waals surface area contributed by atoms with Gasteiger partial charge in [-0.05, 0) is 47.7 Å². The van der Waals surface area contributed by atoms with Gasteiger partial charge >= 0.3 is 6.18 Å². The molecule has 11 heteroatoms. The molecule has 7 nitrogen and oxygen atoms in total. The van der Waals surface area contributed by atoms with Gasteiger partial charge in [0.05, 0.1) is 5.57 Å². The maximum atomic E-state index is 12.9. The lowest BCUT2D eigenvalue weighted by Crippen LogP contribution is -2.35. The number of ether oxygens (including phenoxy) is 2. The topological polar surface area (TPSA) is 87.3 Å². The van der Waals surface area contributed by atoms with Crippen LogP contribution in [0.3, 0.4) is 0 Å². The normalized spacial score (nSPS) is 17.2. The molecule has 0 fully saturated rings. The van der Waals surface area contributed by atoms with Gasteiger partial charge in [0.1, 0.15) is 24.7 Å². The summed E-state index contributed by atoms with van der Waals surface area (Å²) in [7, 11) is 0. The van der Waals surface area contributed by atoms with E-state index in [0.717, 1.165) is 5.75 Å². The second kappa shape index (κ2) is 8.87. The molecule has 0 aromatic heterocycles. The number of nitrogens with zero attached hydrogens (tertiary/aromatic N) is 3. The minimum absolute atomic E-state index is 0.175. The van der Waals surface area contributed by atoms with Crippen LogP contribution in [0, 0.1) is 5.41 Å². The Bertz CT molecular complexity index is 1150. The van der Waals surface area contributed by atoms with Gasteiger partial charge in [-0.25, -0.2) is 0 Å². The number of amides is 1. The van der Waals surface area contributed by atoms with Crippen molar-refractivity contribution in [1.29, 1.82) is 5.41 Å². The summed E-state index contributed by atoms with van der Waals surface area (Å²) < 4.78 is 49.9. The number of thioether (sulfide) groups is 1. The highest BCUT2D eigenvalue weighted by Gasteiger charge is 2.46. The zero-order valence-electron chi connectivity index (χ0n) is 16.3. The summed E-state index contributed by atoms with van der Waals surface area (Å²) in [6, 6.07) is 16.0. The number of nitrogens with one attached hydrogen (secondary N) is 1. The molecule has 2 heterocycles. The summed E-state index contributed by atoms with van der Waals surface area (Å²) in [4.78, 5) is 16.0. The molecule has 2 aromatic carbocycles. The van der Waals surface area contributed by atoms with Gasteiger partial charge in [-0.15, -0.1) is 0 Å². The monoisotopic (exact) mass is 460 g/mol. The van der Waals surface area contributed by atoms with E-state index in [4.69, 9.17) is 14.9 Å². The van der Waals surface area contributed by atoms with Crippen LogP contribution in [0.1, 0.15) is 5.56 Å². The van der Waals surface area contributed by atoms with E-state index in [1.807, 2.05) is 30.3 Å². The number of fused-ring (bicyclic) bond motifs is 1. The van der Waals surface area contributed by atoms with E-state index in [2.05, 4.69) is 10.1 Å². The minimum Gasteiger partial charge on any atom is -0.490 e. The Hall–Kier alpha value is -3.60. The van der Waals surface area contributed by atoms with Gasteiger partial charge < -0.3 is 9.47 Å². The van der Waals surface area contributed by atoms with Crippen molar-refractivity contribution in [1.82, 2.24) is 5.01 Å². The fourth-order valence-electron chi connectivity index (χ4n) is 2.80. The minimum atomic E-state index is -4.69. The van der Waals surface area contributed by atoms with Gasteiger partial charge in [0, 0.05) is 0 Å². The first-order valence-corrected chi connectivity index (χ1v) is 10.1. The highest BCUT2D eigenvalue weighted by atomic mass is 32.2. The Morgan fingerprint density at radius 1 is 1.03 bits per heavy atom. The van der Waals surface area contributed by atoms with Gasteiger partial charge in [-0.3, -0.25) is 10.2 Å². The second-order valence-electron chi connectivity index (χ2n) is 6.51. The first kappa shape index (κ1) is 21.6. The van der Waals surface area contributed by atoms with Crippen molar-refractivity contribution in [2.24, 2.45) is 10.1 Å². The molecule has 164 valence electrons. The molecule has 0 unspecified atom stereocenters. The van der Waals surface area contributed by atoms with Crippen LogP contribution in [0.2, 0.25) is 0 Å². The SMILES string of the molecule is N=C1/C(=C/c2cccc(OCCOc3ccccc3)c2)C(=O)N=C2SC(C(F)(F)F)=NN12. The standard InChI is InChI=1S/C21H15F3N4O3S/c22-21(23,24)19-27-28-17(25)16(18(29)26-20(28)32-19)12-13-5-4-8-15(11-13)31-10-9-30-14-6-2-1-3-7-14/h1-8,11-12,25H,9-10H2/b16-12-,25-17?. The molecule has 0 atom stereocenters. The van der Waals surface area contributed by atoms with E-state index >= 15 is 0 Å². The average molecular weight is 460 g/mol. The van der Waals surface area contributed by atoms with Crippen LogP contribution in [0.4, 0.5) is 13.2 Å². The molecule has 2 aliphatic rings. The molecule has 0 saturated heterocycles. The highest BCUT2D eigenvalue weighted by Crippen LogP contribution is 2.35. The molecule has 1 N–H and O–H groups in total. The molecule has 0 bridgehead atoms. The number of para-hydroxylation sites is 1. The Morgan fingerprint density at radius 3 is 2.44 bits per heavy atom. The maximum Gasteiger partial charge on any atom is 0.441 e. The van der Waals surface area contributed by atoms with E-state index in [-0.39, 0.29) is 29.1 Å². The number of hydrazone groups is 1. The summed E-state index contributed by atoms with van der Waals surface area (Å²) >= 11 is 0.210. The van der Waals surface area contributed by atoms with Crippen molar-refractivity contribution in [3.8, 4) is 11.5 Å². The predicted molar refractivity (Wildman–Crippen MR) is 115 cm³/mol. The van der Waals surface area contributed by atoms with E-state index in [1.165, 1.54) is 6.08 Å². The zero-order chi connectivity index (χ0) is 22.7. The largest absolute Gasteiger partial charge is 0.490 e. The van der Waals surface area contributed by atoms with E-state index < -0.39 is 23.0 Å². The lowest BCUT2D eigenvalue weighted by atomic mass is 10.1. The molecular weight excluding hydrogens is 445 g/mol. The number of rotatable bonds is 6. The van der Waals surface area contributed by atoms with Crippen molar-refractivity contribution >= 4 is 39.8 Å². The van der Waals surface area contributed by atoms with Gasteiger partial charge in [-0.2, -0.15) is 28.3 Å². The second-order valence-corrected chi connectivity index (χ2v) is 7.46. The summed E-state index contributed by atoms with van der Waals surface area (Å²) in [6.45, 7) is 0.597. The molecule has 0 radical (unpaired) electrons. The molecule has 2 aliphatic heterocycles. The van der Waals surface area contributed by atoms with Gasteiger partial charge in [0.2, 0.25) is 10.2 Å². The first-order valence-electron chi connectivity index (χ1n) is 9.29. The number of amidine groups is 2. The van der Waals surface area contributed by atoms with Crippen LogP contribution in [0.15, 0.2) is 70.3 Å². The third-order valence-corrected chi connectivity index (χ3v) is 5.18. The molecule has 2 aromatic rings. The van der Waals surface area contributed by atoms with E-state index in [9.17, 15) is 18.0 Å². The average Bonchev–Trinajstić information content (AvgIpc) is 3.20. The number of hydrogen-bond acceptors (Lipinski definition) is 6. The molecule has 0 saturated carbocycles. The van der Waals surface area contributed by atoms with Crippen LogP contribution in [0.5, 0.6) is 11.5 Å². The molecule has 0 spiro atoms. The summed E-state index contributed by atoms with van der Waals surface area (Å²) in [6.07, 6.45) is -3.32. The van der Waals surface area contributed by atoms with Crippen molar-refractivity contribution in [3.63, 3.8) is 0 Å². The number of aliphatic imine (C=N–C) groups is 1. The fraction of sp³-hybridized carbons (Fsp3) is 0.143. The van der Waals surface area contributed by atoms with Gasteiger partial charge in [0.25, 0.3) is 5.91 Å². The Kier molecular flexibility index (Phi) is 5.99. The molecule has 1 amide bonds. The lowest BCUT2D eigenvalue weighted by Gasteiger charge is -2.20. The van der Waals surface area contributed by atoms with Gasteiger partial charge in [-0.1, -0.05) is 30.3 Å². The smallest absolute Gasteiger partial charge is 0.441 e. The molecular formula is C21H15F3N4O3S. The summed E-state index contributed by atoms with van der Waals surface area (Å²) in [5, 5.41) is 10.8. The van der Waals surface area contributed by atoms with Crippen LogP contribution >= 0.6 is 11.8 Å². The number of hydrogen-bond donors (Lipinski definition) is 1. The van der Waals surface area contributed by atoms with Crippen LogP contribution in [0.25, 0.3) is 6.08 Å². The van der Waals surface area contributed by atoms with E-state index in [1.54, 1.807) is 24.3 Å². The van der Waals surface area contributed by atoms with Crippen LogP contribution in [-0.2, 0) is 4.79 Å². The predicted octanol–water partition coefficient (Wildman–Crippen LogP) is 4.33. The molecule has 32 heavy (non-hydrogen) atoms. The Balaban J connectivity index is 1.44. The van der Waals surface area contributed by atoms with Crippen molar-refractivity contribution in [2.75, 3.05) is 13.2 Å². The molecule has 4 rings (SSSR count). The maximum absolute atomic E-state index is 12.9. The number of alkyl halides is 3. The fourth-order valence-corrected chi connectivity index (χ4v) is 3.56. The summed E-state index contributed by atoms with van der Waals surface area (Å²) in [5.41, 5.74) is 0.344. The van der Waals surface area contributed by atoms with Crippen molar-refractivity contribution in [3.05, 3.63) is 65.7 Å². The van der Waals surface area contributed by atoms with Crippen LogP contribution < -0.4 is 9.47 Å². The number of benzene rings is 2. The third kappa shape index (κ3) is 4.83. The quantitative estimate of drug-likeness (QED) is 0.512. The number of carbonyl (C=O) groups excluding carboxylic acids is 1. The van der Waals surface area contributed by atoms with Crippen LogP contribution in [-0.4, -0.2) is 46.4 Å². The zero-order valence-corrected chi connectivity index (χ0v) is 17.1. The third-order valence-electron chi connectivity index (χ3n) is 4.23. The Morgan fingerprint density at radius 2 is 1.72 bits per heavy atom. The van der Waals surface area contributed by atoms with Crippen molar-refractivity contribution < 1.29 is 27.4 Å². The van der Waals surface area contributed by atoms with Crippen molar-refractivity contribution in [2.45, 2.75) is 6.18 Å². The number of halogens is 3. The lowest BCUT2D eigenvalue weighted by molar-refractivity contribution is -0.114. The highest BCUT2D eigenvalue weighted by molar-refractivity contribution is 8.27. The van der Waals surface area contributed by atoms with Gasteiger partial charge in [0.15, 0.2) is 5.84 Å². The Labute approximate surface area is 184 Å².